The van der Waals surface area contributed by atoms with Gasteiger partial charge in [-0.1, -0.05) is 24.3 Å². The van der Waals surface area contributed by atoms with Crippen LogP contribution in [0.5, 0.6) is 0 Å². The monoisotopic (exact) mass is 365 g/mol. The molecule has 0 radical (unpaired) electrons. The normalized spacial score (nSPS) is 15.7. The van der Waals surface area contributed by atoms with Gasteiger partial charge < -0.3 is 14.1 Å². The minimum absolute atomic E-state index is 0.102. The van der Waals surface area contributed by atoms with Crippen molar-refractivity contribution in [2.24, 2.45) is 0 Å². The van der Waals surface area contributed by atoms with Crippen LogP contribution in [-0.2, 0) is 22.5 Å². The van der Waals surface area contributed by atoms with E-state index in [0.29, 0.717) is 17.0 Å². The Morgan fingerprint density at radius 2 is 1.96 bits per heavy atom. The Labute approximate surface area is 155 Å². The summed E-state index contributed by atoms with van der Waals surface area (Å²) in [7, 11) is 0. The van der Waals surface area contributed by atoms with Gasteiger partial charge in [0.05, 0.1) is 18.4 Å². The number of halogens is 1. The number of anilines is 1. The highest BCUT2D eigenvalue weighted by Gasteiger charge is 2.34. The van der Waals surface area contributed by atoms with E-state index in [1.54, 1.807) is 36.4 Å². The van der Waals surface area contributed by atoms with Gasteiger partial charge >= 0.3 is 5.97 Å². The highest BCUT2D eigenvalue weighted by molar-refractivity contribution is 6.01. The fourth-order valence-electron chi connectivity index (χ4n) is 3.14. The lowest BCUT2D eigenvalue weighted by molar-refractivity contribution is -0.127. The molecule has 2 heterocycles. The quantitative estimate of drug-likeness (QED) is 0.661. The predicted octanol–water partition coefficient (Wildman–Crippen LogP) is 3.73. The molecule has 2 aromatic carbocycles. The first-order valence-electron chi connectivity index (χ1n) is 8.50. The number of esters is 1. The number of benzene rings is 2. The van der Waals surface area contributed by atoms with Crippen LogP contribution in [-0.4, -0.2) is 18.0 Å². The summed E-state index contributed by atoms with van der Waals surface area (Å²) >= 11 is 0. The molecule has 27 heavy (non-hydrogen) atoms. The lowest BCUT2D eigenvalue weighted by Gasteiger charge is -2.29. The van der Waals surface area contributed by atoms with Crippen LogP contribution in [0, 0.1) is 5.82 Å². The molecule has 0 fully saturated rings. The van der Waals surface area contributed by atoms with Crippen molar-refractivity contribution < 1.29 is 23.1 Å². The van der Waals surface area contributed by atoms with E-state index >= 15 is 0 Å². The summed E-state index contributed by atoms with van der Waals surface area (Å²) < 4.78 is 24.4. The molecule has 0 unspecified atom stereocenters. The molecule has 3 aromatic rings. The number of carbonyl (C=O) groups excluding carboxylic acids is 2. The zero-order valence-corrected chi connectivity index (χ0v) is 14.3. The Morgan fingerprint density at radius 3 is 2.74 bits per heavy atom. The minimum Gasteiger partial charge on any atom is -0.467 e. The summed E-state index contributed by atoms with van der Waals surface area (Å²) in [6, 6.07) is 16.2. The minimum atomic E-state index is -0.981. The number of rotatable bonds is 4. The number of ether oxygens (including phenoxy) is 1. The Kier molecular flexibility index (Phi) is 4.46. The first kappa shape index (κ1) is 17.0. The molecule has 1 amide bonds. The fraction of sp³-hybridized carbons (Fsp3) is 0.143. The maximum absolute atomic E-state index is 13.7. The molecule has 1 aromatic heterocycles. The molecule has 0 saturated carbocycles. The Balaban J connectivity index is 1.65. The summed E-state index contributed by atoms with van der Waals surface area (Å²) in [6.07, 6.45) is 0.788. The van der Waals surface area contributed by atoms with E-state index in [1.807, 2.05) is 6.07 Å². The zero-order valence-electron chi connectivity index (χ0n) is 14.3. The third-order valence-corrected chi connectivity index (χ3v) is 4.45. The summed E-state index contributed by atoms with van der Waals surface area (Å²) in [6.45, 7) is 0.102. The van der Waals surface area contributed by atoms with Crippen molar-refractivity contribution in [3.05, 3.63) is 89.6 Å². The second-order valence-electron chi connectivity index (χ2n) is 6.24. The van der Waals surface area contributed by atoms with Crippen LogP contribution in [0.15, 0.2) is 71.3 Å². The number of amides is 1. The van der Waals surface area contributed by atoms with Crippen molar-refractivity contribution in [1.82, 2.24) is 0 Å². The van der Waals surface area contributed by atoms with E-state index in [1.165, 1.54) is 29.4 Å². The van der Waals surface area contributed by atoms with Crippen molar-refractivity contribution in [2.45, 2.75) is 19.1 Å². The van der Waals surface area contributed by atoms with Crippen molar-refractivity contribution in [1.29, 1.82) is 0 Å². The van der Waals surface area contributed by atoms with E-state index in [4.69, 9.17) is 9.15 Å². The average molecular weight is 365 g/mol. The Hall–Kier alpha value is -3.41. The summed E-state index contributed by atoms with van der Waals surface area (Å²) in [4.78, 5) is 26.8. The van der Waals surface area contributed by atoms with Crippen LogP contribution >= 0.6 is 0 Å². The number of hydrogen-bond acceptors (Lipinski definition) is 4. The molecule has 0 N–H and O–H groups in total. The molecule has 0 aliphatic carbocycles. The van der Waals surface area contributed by atoms with E-state index in [0.717, 1.165) is 5.56 Å². The number of cyclic esters (lactones) is 1. The van der Waals surface area contributed by atoms with Gasteiger partial charge in [0.25, 0.3) is 5.91 Å². The molecule has 1 atom stereocenters. The van der Waals surface area contributed by atoms with Gasteiger partial charge in [0, 0.05) is 12.1 Å². The van der Waals surface area contributed by atoms with Gasteiger partial charge in [-0.2, -0.15) is 0 Å². The molecule has 1 aliphatic rings. The number of nitrogens with zero attached hydrogens (tertiary/aromatic N) is 1. The van der Waals surface area contributed by atoms with Gasteiger partial charge in [0.15, 0.2) is 6.10 Å². The molecule has 4 rings (SSSR count). The van der Waals surface area contributed by atoms with Crippen molar-refractivity contribution >= 4 is 17.6 Å². The van der Waals surface area contributed by atoms with Crippen LogP contribution in [0.1, 0.15) is 21.7 Å². The Bertz CT molecular complexity index is 983. The molecule has 0 spiro atoms. The van der Waals surface area contributed by atoms with Crippen molar-refractivity contribution in [3.63, 3.8) is 0 Å². The van der Waals surface area contributed by atoms with Crippen LogP contribution < -0.4 is 4.90 Å². The second kappa shape index (κ2) is 7.07. The number of hydrogen-bond donors (Lipinski definition) is 0. The van der Waals surface area contributed by atoms with Gasteiger partial charge in [-0.15, -0.1) is 0 Å². The standard InChI is InChI=1S/C21H16FNO4/c22-15-6-3-7-16(12-15)23(13-17-8-4-10-26-17)20(24)19-11-14-5-1-2-9-18(14)21(25)27-19/h1-10,12,19H,11,13H2/t19-/m1/s1. The molecular weight excluding hydrogens is 349 g/mol. The maximum atomic E-state index is 13.7. The highest BCUT2D eigenvalue weighted by Crippen LogP contribution is 2.25. The van der Waals surface area contributed by atoms with E-state index in [9.17, 15) is 14.0 Å². The van der Waals surface area contributed by atoms with Gasteiger partial charge in [-0.25, -0.2) is 9.18 Å². The van der Waals surface area contributed by atoms with Gasteiger partial charge in [-0.3, -0.25) is 4.79 Å². The van der Waals surface area contributed by atoms with Crippen LogP contribution in [0.25, 0.3) is 0 Å². The molecule has 0 bridgehead atoms. The predicted molar refractivity (Wildman–Crippen MR) is 95.6 cm³/mol. The molecular formula is C21H16FNO4. The summed E-state index contributed by atoms with van der Waals surface area (Å²) in [5, 5.41) is 0. The molecule has 1 aliphatic heterocycles. The van der Waals surface area contributed by atoms with Crippen LogP contribution in [0.3, 0.4) is 0 Å². The van der Waals surface area contributed by atoms with Crippen LogP contribution in [0.2, 0.25) is 0 Å². The molecule has 5 nitrogen and oxygen atoms in total. The third-order valence-electron chi connectivity index (χ3n) is 4.45. The SMILES string of the molecule is O=C1O[C@@H](C(=O)N(Cc2ccco2)c2cccc(F)c2)Cc2ccccc21. The van der Waals surface area contributed by atoms with Gasteiger partial charge in [0.2, 0.25) is 0 Å². The van der Waals surface area contributed by atoms with Gasteiger partial charge in [-0.05, 0) is 42.0 Å². The number of carbonyl (C=O) groups is 2. The van der Waals surface area contributed by atoms with Gasteiger partial charge in [0.1, 0.15) is 11.6 Å². The Morgan fingerprint density at radius 1 is 1.11 bits per heavy atom. The highest BCUT2D eigenvalue weighted by atomic mass is 19.1. The topological polar surface area (TPSA) is 59.8 Å². The lowest BCUT2D eigenvalue weighted by atomic mass is 9.98. The third kappa shape index (κ3) is 3.46. The molecule has 6 heteroatoms. The van der Waals surface area contributed by atoms with E-state index in [2.05, 4.69) is 0 Å². The van der Waals surface area contributed by atoms with Crippen molar-refractivity contribution in [2.75, 3.05) is 4.90 Å². The first-order chi connectivity index (χ1) is 13.1. The fourth-order valence-corrected chi connectivity index (χ4v) is 3.14. The summed E-state index contributed by atoms with van der Waals surface area (Å²) in [5.41, 5.74) is 1.58. The second-order valence-corrected chi connectivity index (χ2v) is 6.24. The first-order valence-corrected chi connectivity index (χ1v) is 8.50. The molecule has 136 valence electrons. The van der Waals surface area contributed by atoms with Crippen molar-refractivity contribution in [3.8, 4) is 0 Å². The molecule has 0 saturated heterocycles. The van der Waals surface area contributed by atoms with Crippen LogP contribution in [0.4, 0.5) is 10.1 Å². The average Bonchev–Trinajstić information content (AvgIpc) is 3.19. The smallest absolute Gasteiger partial charge is 0.339 e. The number of furan rings is 1. The zero-order chi connectivity index (χ0) is 18.8. The van der Waals surface area contributed by atoms with E-state index < -0.39 is 23.8 Å². The number of fused-ring (bicyclic) bond motifs is 1. The summed E-state index contributed by atoms with van der Waals surface area (Å²) in [5.74, 6) is -0.891. The lowest BCUT2D eigenvalue weighted by Crippen LogP contribution is -2.44. The largest absolute Gasteiger partial charge is 0.467 e. The van der Waals surface area contributed by atoms with E-state index in [-0.39, 0.29) is 13.0 Å². The maximum Gasteiger partial charge on any atom is 0.339 e.